The highest BCUT2D eigenvalue weighted by molar-refractivity contribution is 7.47. The number of rotatable bonds is 80. The van der Waals surface area contributed by atoms with E-state index < -0.39 is 97.5 Å². The van der Waals surface area contributed by atoms with Gasteiger partial charge in [0.1, 0.15) is 19.3 Å². The molecule has 110 heavy (non-hydrogen) atoms. The summed E-state index contributed by atoms with van der Waals surface area (Å²) in [5.74, 6) is -2.29. The number of ether oxygens (including phenoxy) is 4. The fourth-order valence-corrected chi connectivity index (χ4v) is 12.8. The third kappa shape index (κ3) is 81.0. The number of carbonyl (C=O) groups excluding carboxylic acids is 4. The monoisotopic (exact) mass is 1580 g/mol. The van der Waals surface area contributed by atoms with E-state index >= 15 is 0 Å². The Balaban J connectivity index is 5.44. The number of carbonyl (C=O) groups is 4. The second kappa shape index (κ2) is 81.9. The molecule has 0 aliphatic heterocycles. The van der Waals surface area contributed by atoms with Gasteiger partial charge in [-0.05, 0) is 141 Å². The summed E-state index contributed by atoms with van der Waals surface area (Å²) >= 11 is 0. The highest BCUT2D eigenvalue weighted by atomic mass is 31.2. The molecule has 5 atom stereocenters. The first-order valence-corrected chi connectivity index (χ1v) is 46.1. The molecule has 0 amide bonds. The van der Waals surface area contributed by atoms with Gasteiger partial charge in [-0.15, -0.1) is 0 Å². The van der Waals surface area contributed by atoms with Crippen molar-refractivity contribution < 1.29 is 80.2 Å². The average Bonchev–Trinajstić information content (AvgIpc) is 0.942. The van der Waals surface area contributed by atoms with Gasteiger partial charge in [-0.1, -0.05) is 328 Å². The Labute approximate surface area is 668 Å². The first kappa shape index (κ1) is 105. The van der Waals surface area contributed by atoms with E-state index in [9.17, 15) is 43.2 Å². The Hall–Kier alpha value is -5.06. The van der Waals surface area contributed by atoms with E-state index in [1.54, 1.807) is 0 Å². The van der Waals surface area contributed by atoms with Crippen molar-refractivity contribution in [3.05, 3.63) is 146 Å². The zero-order valence-corrected chi connectivity index (χ0v) is 70.9. The van der Waals surface area contributed by atoms with Crippen molar-refractivity contribution in [2.75, 3.05) is 39.6 Å². The fraction of sp³-hybridized carbons (Fsp3) is 0.692. The molecular formula is C91H154O17P2. The quantitative estimate of drug-likeness (QED) is 0.0169. The molecule has 0 aromatic heterocycles. The Bertz CT molecular complexity index is 2650. The minimum Gasteiger partial charge on any atom is -0.462 e. The lowest BCUT2D eigenvalue weighted by Gasteiger charge is -2.21. The van der Waals surface area contributed by atoms with Gasteiger partial charge in [0.25, 0.3) is 0 Å². The number of phosphoric ester groups is 2. The van der Waals surface area contributed by atoms with Crippen LogP contribution in [0, 0.1) is 0 Å². The predicted octanol–water partition coefficient (Wildman–Crippen LogP) is 25.8. The summed E-state index contributed by atoms with van der Waals surface area (Å²) in [6.45, 7) is 4.63. The number of hydrogen-bond acceptors (Lipinski definition) is 15. The zero-order chi connectivity index (χ0) is 80.3. The maximum atomic E-state index is 13.1. The minimum atomic E-state index is -5.00. The number of unbranched alkanes of at least 4 members (excludes halogenated alkanes) is 30. The van der Waals surface area contributed by atoms with E-state index in [1.165, 1.54) is 89.9 Å². The molecule has 630 valence electrons. The van der Waals surface area contributed by atoms with Gasteiger partial charge in [-0.2, -0.15) is 0 Å². The van der Waals surface area contributed by atoms with Gasteiger partial charge in [0.2, 0.25) is 0 Å². The van der Waals surface area contributed by atoms with Gasteiger partial charge >= 0.3 is 39.5 Å². The molecule has 0 aliphatic carbocycles. The standard InChI is InChI=1S/C91H154O17P2/c1-5-9-13-17-21-25-29-33-36-39-42-45-48-52-55-59-63-67-71-75-88(93)101-81-86(107-90(95)77-73-69-65-61-57-51-32-28-24-20-16-12-8-4)83-105-109(97,98)103-79-85(92)80-104-110(99,100)106-84-87(108-91(96)78-74-70-66-62-58-54-50-47-44-41-38-35-31-27-23-19-15-11-7-3)82-102-89(94)76-72-68-64-60-56-53-49-46-43-40-37-34-30-26-22-18-14-10-6-2/h9,13,21-23,25-27,33-38,42-47,52,55,63,67,85-87,92H,5-8,10-12,14-20,24,28-32,39-41,48-51,53-54,56-62,64-66,68-84H2,1-4H3,(H,97,98)(H,99,100)/b13-9-,25-21-,26-22-,27-23-,36-33-,37-34-,38-35-,45-42-,46-43-,47-44-,55-52-,67-63-. The molecule has 0 saturated heterocycles. The SMILES string of the molecule is CC/C=C\C/C=C\C/C=C\C/C=C\C/C=C\C/C=C\CCC(=O)OCC(COP(=O)(O)OCC(O)COP(=O)(O)OCC(COC(=O)CCCCCCCC/C=C\C/C=C\C/C=C\CCCCC)OC(=O)CCCCCCCC/C=C\C/C=C\C/C=C\CCCCC)OC(=O)CCCCCCCCCCCCCCC. The van der Waals surface area contributed by atoms with Crippen LogP contribution in [-0.2, 0) is 65.4 Å². The Morgan fingerprint density at radius 3 is 0.800 bits per heavy atom. The van der Waals surface area contributed by atoms with Crippen LogP contribution in [0.5, 0.6) is 0 Å². The van der Waals surface area contributed by atoms with Gasteiger partial charge < -0.3 is 33.8 Å². The molecular weight excluding hydrogens is 1430 g/mol. The zero-order valence-electron chi connectivity index (χ0n) is 69.1. The van der Waals surface area contributed by atoms with Crippen LogP contribution in [0.4, 0.5) is 0 Å². The molecule has 0 radical (unpaired) electrons. The van der Waals surface area contributed by atoms with Crippen molar-refractivity contribution in [2.24, 2.45) is 0 Å². The van der Waals surface area contributed by atoms with Crippen molar-refractivity contribution in [1.29, 1.82) is 0 Å². The van der Waals surface area contributed by atoms with Crippen molar-refractivity contribution in [2.45, 2.75) is 367 Å². The molecule has 0 rings (SSSR count). The van der Waals surface area contributed by atoms with E-state index in [0.29, 0.717) is 32.1 Å². The van der Waals surface area contributed by atoms with Crippen LogP contribution < -0.4 is 0 Å². The van der Waals surface area contributed by atoms with Crippen LogP contribution in [-0.4, -0.2) is 96.7 Å². The molecule has 3 N–H and O–H groups in total. The Morgan fingerprint density at radius 2 is 0.491 bits per heavy atom. The van der Waals surface area contributed by atoms with Crippen LogP contribution in [0.3, 0.4) is 0 Å². The normalized spacial score (nSPS) is 14.5. The summed E-state index contributed by atoms with van der Waals surface area (Å²) in [6, 6.07) is 0. The van der Waals surface area contributed by atoms with Crippen LogP contribution in [0.1, 0.15) is 349 Å². The Kier molecular flexibility index (Phi) is 78.2. The maximum Gasteiger partial charge on any atom is 0.472 e. The van der Waals surface area contributed by atoms with Gasteiger partial charge in [-0.3, -0.25) is 37.3 Å². The first-order chi connectivity index (χ1) is 53.7. The number of aliphatic hydroxyl groups excluding tert-OH is 1. The molecule has 0 saturated carbocycles. The van der Waals surface area contributed by atoms with Crippen molar-refractivity contribution >= 4 is 39.5 Å². The highest BCUT2D eigenvalue weighted by Gasteiger charge is 2.30. The summed E-state index contributed by atoms with van der Waals surface area (Å²) in [5, 5.41) is 10.7. The summed E-state index contributed by atoms with van der Waals surface area (Å²) in [4.78, 5) is 73.2. The minimum absolute atomic E-state index is 0.0346. The predicted molar refractivity (Wildman–Crippen MR) is 454 cm³/mol. The average molecular weight is 1580 g/mol. The van der Waals surface area contributed by atoms with Crippen LogP contribution in [0.25, 0.3) is 0 Å². The van der Waals surface area contributed by atoms with Crippen molar-refractivity contribution in [3.63, 3.8) is 0 Å². The Morgan fingerprint density at radius 1 is 0.264 bits per heavy atom. The molecule has 0 spiro atoms. The molecule has 0 heterocycles. The van der Waals surface area contributed by atoms with Crippen molar-refractivity contribution in [1.82, 2.24) is 0 Å². The van der Waals surface area contributed by atoms with Crippen molar-refractivity contribution in [3.8, 4) is 0 Å². The van der Waals surface area contributed by atoms with E-state index in [1.807, 2.05) is 18.2 Å². The lowest BCUT2D eigenvalue weighted by molar-refractivity contribution is -0.161. The summed E-state index contributed by atoms with van der Waals surface area (Å²) in [6.07, 6.45) is 95.3. The second-order valence-electron chi connectivity index (χ2n) is 28.4. The largest absolute Gasteiger partial charge is 0.472 e. The first-order valence-electron chi connectivity index (χ1n) is 43.1. The van der Waals surface area contributed by atoms with Crippen LogP contribution >= 0.6 is 15.6 Å². The lowest BCUT2D eigenvalue weighted by atomic mass is 10.0. The summed E-state index contributed by atoms with van der Waals surface area (Å²) in [7, 11) is -10.00. The number of aliphatic hydroxyl groups is 1. The third-order valence-electron chi connectivity index (χ3n) is 17.8. The molecule has 17 nitrogen and oxygen atoms in total. The maximum absolute atomic E-state index is 13.1. The van der Waals surface area contributed by atoms with Gasteiger partial charge in [-0.25, -0.2) is 9.13 Å². The molecule has 5 unspecified atom stereocenters. The number of phosphoric acid groups is 2. The van der Waals surface area contributed by atoms with Crippen LogP contribution in [0.15, 0.2) is 146 Å². The topological polar surface area (TPSA) is 237 Å². The second-order valence-corrected chi connectivity index (χ2v) is 31.3. The fourth-order valence-electron chi connectivity index (χ4n) is 11.3. The lowest BCUT2D eigenvalue weighted by Crippen LogP contribution is -2.30. The molecule has 0 aromatic rings. The molecule has 19 heteroatoms. The smallest absolute Gasteiger partial charge is 0.462 e. The van der Waals surface area contributed by atoms with Gasteiger partial charge in [0.05, 0.1) is 26.4 Å². The molecule has 0 bridgehead atoms. The van der Waals surface area contributed by atoms with E-state index in [0.717, 1.165) is 173 Å². The summed E-state index contributed by atoms with van der Waals surface area (Å²) < 4.78 is 68.7. The van der Waals surface area contributed by atoms with Crippen LogP contribution in [0.2, 0.25) is 0 Å². The molecule has 0 fully saturated rings. The van der Waals surface area contributed by atoms with Gasteiger partial charge in [0, 0.05) is 25.7 Å². The number of esters is 4. The number of allylic oxidation sites excluding steroid dienone is 24. The van der Waals surface area contributed by atoms with Gasteiger partial charge in [0.15, 0.2) is 12.2 Å². The molecule has 0 aliphatic rings. The number of hydrogen-bond donors (Lipinski definition) is 3. The van der Waals surface area contributed by atoms with E-state index in [-0.39, 0.29) is 25.7 Å². The molecule has 0 aromatic carbocycles. The van der Waals surface area contributed by atoms with E-state index in [2.05, 4.69) is 155 Å². The summed E-state index contributed by atoms with van der Waals surface area (Å²) in [5.41, 5.74) is 0. The van der Waals surface area contributed by atoms with E-state index in [4.69, 9.17) is 37.0 Å². The highest BCUT2D eigenvalue weighted by Crippen LogP contribution is 2.45. The third-order valence-corrected chi connectivity index (χ3v) is 19.7.